The second-order valence-corrected chi connectivity index (χ2v) is 5.99. The highest BCUT2D eigenvalue weighted by Crippen LogP contribution is 2.24. The summed E-state index contributed by atoms with van der Waals surface area (Å²) in [6.07, 6.45) is 1.01. The zero-order valence-electron chi connectivity index (χ0n) is 14.3. The van der Waals surface area contributed by atoms with Crippen LogP contribution in [-0.2, 0) is 6.42 Å². The van der Waals surface area contributed by atoms with Gasteiger partial charge in [-0.15, -0.1) is 0 Å². The number of hydrogen-bond donors (Lipinski definition) is 1. The summed E-state index contributed by atoms with van der Waals surface area (Å²) in [7, 11) is 1.58. The quantitative estimate of drug-likeness (QED) is 0.859. The number of amides is 1. The van der Waals surface area contributed by atoms with E-state index in [9.17, 15) is 4.79 Å². The Morgan fingerprint density at radius 1 is 1.09 bits per heavy atom. The minimum Gasteiger partial charge on any atom is -0.496 e. The molecule has 0 aliphatic carbocycles. The Labute approximate surface area is 138 Å². The van der Waals surface area contributed by atoms with Crippen LogP contribution in [-0.4, -0.2) is 13.0 Å². The molecule has 0 saturated heterocycles. The van der Waals surface area contributed by atoms with E-state index in [4.69, 9.17) is 4.74 Å². The first-order chi connectivity index (χ1) is 11.1. The van der Waals surface area contributed by atoms with Gasteiger partial charge in [0.25, 0.3) is 5.91 Å². The van der Waals surface area contributed by atoms with E-state index >= 15 is 0 Å². The Morgan fingerprint density at radius 2 is 1.74 bits per heavy atom. The Kier molecular flexibility index (Phi) is 5.80. The summed E-state index contributed by atoms with van der Waals surface area (Å²) < 4.78 is 5.28. The molecule has 0 heterocycles. The summed E-state index contributed by atoms with van der Waals surface area (Å²) in [6, 6.07) is 15.7. The lowest BCUT2D eigenvalue weighted by atomic mass is 9.94. The lowest BCUT2D eigenvalue weighted by molar-refractivity contribution is 0.0922. The maximum atomic E-state index is 12.6. The van der Waals surface area contributed by atoms with E-state index in [0.717, 1.165) is 12.0 Å². The summed E-state index contributed by atoms with van der Waals surface area (Å²) in [4.78, 5) is 12.6. The summed E-state index contributed by atoms with van der Waals surface area (Å²) in [5.74, 6) is 0.774. The molecule has 23 heavy (non-hydrogen) atoms. The first kappa shape index (κ1) is 17.1. The molecule has 0 spiro atoms. The first-order valence-corrected chi connectivity index (χ1v) is 8.09. The van der Waals surface area contributed by atoms with Crippen molar-refractivity contribution in [1.29, 1.82) is 0 Å². The van der Waals surface area contributed by atoms with E-state index in [1.807, 2.05) is 12.1 Å². The lowest BCUT2D eigenvalue weighted by Gasteiger charge is -2.23. The van der Waals surface area contributed by atoms with Gasteiger partial charge >= 0.3 is 0 Å². The molecule has 0 aliphatic rings. The molecule has 2 aromatic rings. The Balaban J connectivity index is 2.23. The third-order valence-corrected chi connectivity index (χ3v) is 4.05. The predicted octanol–water partition coefficient (Wildman–Crippen LogP) is 4.38. The van der Waals surface area contributed by atoms with Crippen molar-refractivity contribution < 1.29 is 9.53 Å². The van der Waals surface area contributed by atoms with Gasteiger partial charge in [-0.05, 0) is 35.6 Å². The van der Waals surface area contributed by atoms with E-state index in [2.05, 4.69) is 50.4 Å². The molecule has 1 unspecified atom stereocenters. The van der Waals surface area contributed by atoms with Crippen LogP contribution >= 0.6 is 0 Å². The van der Waals surface area contributed by atoms with Gasteiger partial charge in [-0.25, -0.2) is 0 Å². The molecule has 0 aromatic heterocycles. The molecule has 0 saturated carbocycles. The van der Waals surface area contributed by atoms with Crippen LogP contribution in [0.25, 0.3) is 0 Å². The fraction of sp³-hybridized carbons (Fsp3) is 0.350. The minimum absolute atomic E-state index is 0.0293. The fourth-order valence-electron chi connectivity index (χ4n) is 2.65. The van der Waals surface area contributed by atoms with Crippen molar-refractivity contribution in [2.45, 2.75) is 33.2 Å². The van der Waals surface area contributed by atoms with Crippen molar-refractivity contribution in [1.82, 2.24) is 5.32 Å². The average molecular weight is 311 g/mol. The van der Waals surface area contributed by atoms with Crippen LogP contribution in [0.15, 0.2) is 48.5 Å². The van der Waals surface area contributed by atoms with Gasteiger partial charge in [0.05, 0.1) is 18.7 Å². The highest BCUT2D eigenvalue weighted by Gasteiger charge is 2.20. The molecule has 3 nitrogen and oxygen atoms in total. The molecule has 1 amide bonds. The number of ether oxygens (including phenoxy) is 1. The molecule has 1 atom stereocenters. The number of para-hydroxylation sites is 1. The minimum atomic E-state index is -0.110. The number of benzene rings is 2. The lowest BCUT2D eigenvalue weighted by Crippen LogP contribution is -2.32. The zero-order valence-corrected chi connectivity index (χ0v) is 14.3. The van der Waals surface area contributed by atoms with Gasteiger partial charge < -0.3 is 10.1 Å². The maximum absolute atomic E-state index is 12.6. The Bertz CT molecular complexity index is 647. The molecule has 0 radical (unpaired) electrons. The standard InChI is InChI=1S/C20H25NO2/c1-5-15-10-12-16(13-11-15)19(14(2)3)21-20(22)17-8-6-7-9-18(17)23-4/h6-14,19H,5H2,1-4H3,(H,21,22). The second-order valence-electron chi connectivity index (χ2n) is 5.99. The highest BCUT2D eigenvalue weighted by molar-refractivity contribution is 5.97. The molecule has 0 fully saturated rings. The van der Waals surface area contributed by atoms with Crippen molar-refractivity contribution in [2.75, 3.05) is 7.11 Å². The number of rotatable bonds is 6. The summed E-state index contributed by atoms with van der Waals surface area (Å²) in [5.41, 5.74) is 2.98. The molecule has 1 N–H and O–H groups in total. The van der Waals surface area contributed by atoms with E-state index in [-0.39, 0.29) is 11.9 Å². The molecule has 0 aliphatic heterocycles. The maximum Gasteiger partial charge on any atom is 0.255 e. The number of carbonyl (C=O) groups excluding carboxylic acids is 1. The number of methoxy groups -OCH3 is 1. The summed E-state index contributed by atoms with van der Waals surface area (Å²) >= 11 is 0. The van der Waals surface area contributed by atoms with Crippen molar-refractivity contribution in [3.63, 3.8) is 0 Å². The molecule has 2 aromatic carbocycles. The molecule has 122 valence electrons. The Hall–Kier alpha value is -2.29. The fourth-order valence-corrected chi connectivity index (χ4v) is 2.65. The second kappa shape index (κ2) is 7.82. The van der Waals surface area contributed by atoms with Crippen LogP contribution in [0.3, 0.4) is 0 Å². The summed E-state index contributed by atoms with van der Waals surface area (Å²) in [5, 5.41) is 3.14. The SMILES string of the molecule is CCc1ccc(C(NC(=O)c2ccccc2OC)C(C)C)cc1. The zero-order chi connectivity index (χ0) is 16.8. The molecule has 2 rings (SSSR count). The number of hydrogen-bond acceptors (Lipinski definition) is 2. The van der Waals surface area contributed by atoms with Crippen LogP contribution < -0.4 is 10.1 Å². The van der Waals surface area contributed by atoms with Gasteiger partial charge in [0, 0.05) is 0 Å². The highest BCUT2D eigenvalue weighted by atomic mass is 16.5. The molecular weight excluding hydrogens is 286 g/mol. The van der Waals surface area contributed by atoms with Crippen molar-refractivity contribution >= 4 is 5.91 Å². The van der Waals surface area contributed by atoms with Crippen LogP contribution in [0.4, 0.5) is 0 Å². The van der Waals surface area contributed by atoms with Crippen molar-refractivity contribution in [3.8, 4) is 5.75 Å². The van der Waals surface area contributed by atoms with Crippen LogP contribution in [0.5, 0.6) is 5.75 Å². The van der Waals surface area contributed by atoms with Crippen LogP contribution in [0.2, 0.25) is 0 Å². The van der Waals surface area contributed by atoms with E-state index in [1.54, 1.807) is 19.2 Å². The Morgan fingerprint density at radius 3 is 2.30 bits per heavy atom. The van der Waals surface area contributed by atoms with Crippen LogP contribution in [0.1, 0.15) is 48.3 Å². The predicted molar refractivity (Wildman–Crippen MR) is 93.9 cm³/mol. The first-order valence-electron chi connectivity index (χ1n) is 8.09. The van der Waals surface area contributed by atoms with Gasteiger partial charge in [0.2, 0.25) is 0 Å². The van der Waals surface area contributed by atoms with E-state index < -0.39 is 0 Å². The van der Waals surface area contributed by atoms with Gasteiger partial charge in [0.15, 0.2) is 0 Å². The number of nitrogens with one attached hydrogen (secondary N) is 1. The third-order valence-electron chi connectivity index (χ3n) is 4.05. The van der Waals surface area contributed by atoms with Gasteiger partial charge in [0.1, 0.15) is 5.75 Å². The number of aryl methyl sites for hydroxylation is 1. The normalized spacial score (nSPS) is 12.0. The number of carbonyl (C=O) groups is 1. The van der Waals surface area contributed by atoms with E-state index in [0.29, 0.717) is 17.2 Å². The van der Waals surface area contributed by atoms with Crippen molar-refractivity contribution in [2.24, 2.45) is 5.92 Å². The largest absolute Gasteiger partial charge is 0.496 e. The topological polar surface area (TPSA) is 38.3 Å². The average Bonchev–Trinajstić information content (AvgIpc) is 2.59. The van der Waals surface area contributed by atoms with Gasteiger partial charge in [-0.1, -0.05) is 57.2 Å². The third kappa shape index (κ3) is 4.13. The smallest absolute Gasteiger partial charge is 0.255 e. The van der Waals surface area contributed by atoms with Gasteiger partial charge in [-0.2, -0.15) is 0 Å². The van der Waals surface area contributed by atoms with Crippen LogP contribution in [0, 0.1) is 5.92 Å². The molecule has 3 heteroatoms. The van der Waals surface area contributed by atoms with Gasteiger partial charge in [-0.3, -0.25) is 4.79 Å². The monoisotopic (exact) mass is 311 g/mol. The summed E-state index contributed by atoms with van der Waals surface area (Å²) in [6.45, 7) is 6.36. The van der Waals surface area contributed by atoms with E-state index in [1.165, 1.54) is 5.56 Å². The molecule has 0 bridgehead atoms. The van der Waals surface area contributed by atoms with Crippen molar-refractivity contribution in [3.05, 3.63) is 65.2 Å². The molecular formula is C20H25NO2.